The summed E-state index contributed by atoms with van der Waals surface area (Å²) in [7, 11) is 4.27. The summed E-state index contributed by atoms with van der Waals surface area (Å²) in [6.45, 7) is 4.19. The quantitative estimate of drug-likeness (QED) is 0.857. The molecule has 0 spiro atoms. The van der Waals surface area contributed by atoms with Crippen LogP contribution < -0.4 is 5.32 Å². The van der Waals surface area contributed by atoms with Gasteiger partial charge in [0.2, 0.25) is 5.89 Å². The average Bonchev–Trinajstić information content (AvgIpc) is 2.91. The summed E-state index contributed by atoms with van der Waals surface area (Å²) in [5, 5.41) is 7.71. The molecule has 3 rings (SSSR count). The zero-order valence-corrected chi connectivity index (χ0v) is 13.0. The van der Waals surface area contributed by atoms with Crippen molar-refractivity contribution in [2.24, 2.45) is 0 Å². The Bertz CT molecular complexity index is 434. The second kappa shape index (κ2) is 6.43. The fraction of sp³-hybridized carbons (Fsp3) is 0.846. The van der Waals surface area contributed by atoms with E-state index in [9.17, 15) is 0 Å². The minimum atomic E-state index is 0.250. The predicted molar refractivity (Wildman–Crippen MR) is 80.0 cm³/mol. The van der Waals surface area contributed by atoms with Crippen LogP contribution in [0.1, 0.15) is 17.8 Å². The Hall–Kier alpha value is -0.630. The van der Waals surface area contributed by atoms with E-state index in [4.69, 9.17) is 4.52 Å². The molecule has 2 fully saturated rings. The topological polar surface area (TPSA) is 57.4 Å². The van der Waals surface area contributed by atoms with Gasteiger partial charge in [-0.1, -0.05) is 5.16 Å². The number of hydrogen-bond acceptors (Lipinski definition) is 7. The van der Waals surface area contributed by atoms with E-state index in [1.807, 2.05) is 11.8 Å². The molecule has 20 heavy (non-hydrogen) atoms. The molecule has 1 aromatic heterocycles. The zero-order valence-electron chi connectivity index (χ0n) is 12.2. The molecular formula is C13H23N5OS. The molecule has 0 aromatic carbocycles. The molecule has 0 amide bonds. The fourth-order valence-electron chi connectivity index (χ4n) is 2.74. The van der Waals surface area contributed by atoms with Crippen LogP contribution >= 0.6 is 11.8 Å². The van der Waals surface area contributed by atoms with Crippen molar-refractivity contribution < 1.29 is 4.52 Å². The van der Waals surface area contributed by atoms with Crippen molar-refractivity contribution in [3.05, 3.63) is 11.7 Å². The van der Waals surface area contributed by atoms with Gasteiger partial charge in [-0.3, -0.25) is 4.90 Å². The second-order valence-corrected chi connectivity index (χ2v) is 6.88. The normalized spacial score (nSPS) is 29.7. The van der Waals surface area contributed by atoms with Crippen molar-refractivity contribution in [2.45, 2.75) is 18.5 Å². The number of thioether (sulfide) groups is 1. The van der Waals surface area contributed by atoms with E-state index in [0.29, 0.717) is 6.04 Å². The van der Waals surface area contributed by atoms with Gasteiger partial charge < -0.3 is 14.7 Å². The molecule has 3 heterocycles. The Morgan fingerprint density at radius 3 is 3.10 bits per heavy atom. The first-order chi connectivity index (χ1) is 9.72. The van der Waals surface area contributed by atoms with Gasteiger partial charge in [-0.25, -0.2) is 0 Å². The van der Waals surface area contributed by atoms with Crippen LogP contribution in [0.2, 0.25) is 0 Å². The van der Waals surface area contributed by atoms with E-state index in [-0.39, 0.29) is 6.04 Å². The molecule has 0 bridgehead atoms. The molecule has 1 N–H and O–H groups in total. The van der Waals surface area contributed by atoms with E-state index >= 15 is 0 Å². The molecule has 2 unspecified atom stereocenters. The highest BCUT2D eigenvalue weighted by Gasteiger charge is 2.28. The lowest BCUT2D eigenvalue weighted by molar-refractivity contribution is 0.108. The first-order valence-electron chi connectivity index (χ1n) is 7.25. The summed E-state index contributed by atoms with van der Waals surface area (Å²) >= 11 is 1.99. The van der Waals surface area contributed by atoms with Gasteiger partial charge in [-0.2, -0.15) is 16.7 Å². The van der Waals surface area contributed by atoms with Crippen LogP contribution in [-0.4, -0.2) is 77.8 Å². The maximum atomic E-state index is 5.45. The van der Waals surface area contributed by atoms with Crippen LogP contribution in [0.3, 0.4) is 0 Å². The fourth-order valence-corrected chi connectivity index (χ4v) is 3.69. The summed E-state index contributed by atoms with van der Waals surface area (Å²) in [5.74, 6) is 3.92. The van der Waals surface area contributed by atoms with Crippen LogP contribution in [0, 0.1) is 0 Å². The average molecular weight is 297 g/mol. The van der Waals surface area contributed by atoms with E-state index in [2.05, 4.69) is 39.4 Å². The Kier molecular flexibility index (Phi) is 4.60. The first kappa shape index (κ1) is 14.3. The Labute approximate surface area is 124 Å². The first-order valence-corrected chi connectivity index (χ1v) is 8.40. The van der Waals surface area contributed by atoms with Crippen molar-refractivity contribution in [1.29, 1.82) is 0 Å². The van der Waals surface area contributed by atoms with E-state index < -0.39 is 0 Å². The van der Waals surface area contributed by atoms with Crippen molar-refractivity contribution in [2.75, 3.05) is 51.8 Å². The van der Waals surface area contributed by atoms with Gasteiger partial charge in [0.25, 0.3) is 0 Å². The Morgan fingerprint density at radius 2 is 2.30 bits per heavy atom. The van der Waals surface area contributed by atoms with E-state index in [1.165, 1.54) is 5.75 Å². The number of piperazine rings is 1. The molecule has 7 heteroatoms. The highest BCUT2D eigenvalue weighted by molar-refractivity contribution is 7.99. The maximum Gasteiger partial charge on any atom is 0.228 e. The molecular weight excluding hydrogens is 274 g/mol. The smallest absolute Gasteiger partial charge is 0.228 e. The summed E-state index contributed by atoms with van der Waals surface area (Å²) in [6, 6.07) is 0.716. The predicted octanol–water partition coefficient (Wildman–Crippen LogP) is 0.235. The number of hydrogen-bond donors (Lipinski definition) is 1. The zero-order chi connectivity index (χ0) is 13.9. The molecule has 6 nitrogen and oxygen atoms in total. The highest BCUT2D eigenvalue weighted by atomic mass is 32.2. The van der Waals surface area contributed by atoms with Gasteiger partial charge in [-0.15, -0.1) is 0 Å². The number of nitrogens with zero attached hydrogens (tertiary/aromatic N) is 4. The second-order valence-electron chi connectivity index (χ2n) is 5.74. The molecule has 1 aromatic rings. The minimum Gasteiger partial charge on any atom is -0.339 e. The van der Waals surface area contributed by atoms with Gasteiger partial charge in [0.05, 0.1) is 6.04 Å². The van der Waals surface area contributed by atoms with Crippen LogP contribution in [0.25, 0.3) is 0 Å². The van der Waals surface area contributed by atoms with E-state index in [0.717, 1.165) is 50.1 Å². The standard InChI is InChI=1S/C13H23N5OS/c1-17-4-5-18(2)11(8-17)13-15-12(19-16-13)7-10-9-20-6-3-14-10/h10-11,14H,3-9H2,1-2H3. The van der Waals surface area contributed by atoms with Gasteiger partial charge in [0.15, 0.2) is 5.82 Å². The van der Waals surface area contributed by atoms with Crippen molar-refractivity contribution in [3.8, 4) is 0 Å². The van der Waals surface area contributed by atoms with Crippen molar-refractivity contribution in [3.63, 3.8) is 0 Å². The monoisotopic (exact) mass is 297 g/mol. The molecule has 2 aliphatic heterocycles. The maximum absolute atomic E-state index is 5.45. The third-order valence-corrected chi connectivity index (χ3v) is 5.18. The molecule has 2 saturated heterocycles. The summed E-state index contributed by atoms with van der Waals surface area (Å²) in [6.07, 6.45) is 0.840. The van der Waals surface area contributed by atoms with Crippen LogP contribution in [0.15, 0.2) is 4.52 Å². The van der Waals surface area contributed by atoms with Crippen LogP contribution in [0.4, 0.5) is 0 Å². The Balaban J connectivity index is 1.63. The summed E-state index contributed by atoms with van der Waals surface area (Å²) in [5.41, 5.74) is 0. The number of aromatic nitrogens is 2. The molecule has 0 radical (unpaired) electrons. The molecule has 0 saturated carbocycles. The summed E-state index contributed by atoms with van der Waals surface area (Å²) < 4.78 is 5.45. The Morgan fingerprint density at radius 1 is 1.40 bits per heavy atom. The third kappa shape index (κ3) is 3.33. The van der Waals surface area contributed by atoms with Gasteiger partial charge in [0, 0.05) is 50.1 Å². The van der Waals surface area contributed by atoms with Crippen LogP contribution in [0.5, 0.6) is 0 Å². The largest absolute Gasteiger partial charge is 0.339 e. The molecule has 2 atom stereocenters. The van der Waals surface area contributed by atoms with Gasteiger partial charge in [0.1, 0.15) is 0 Å². The van der Waals surface area contributed by atoms with Crippen molar-refractivity contribution in [1.82, 2.24) is 25.3 Å². The number of rotatable bonds is 3. The number of likely N-dealkylation sites (N-methyl/N-ethyl adjacent to an activating group) is 2. The molecule has 112 valence electrons. The van der Waals surface area contributed by atoms with E-state index in [1.54, 1.807) is 0 Å². The lowest BCUT2D eigenvalue weighted by Gasteiger charge is -2.35. The third-order valence-electron chi connectivity index (χ3n) is 4.05. The lowest BCUT2D eigenvalue weighted by atomic mass is 10.2. The van der Waals surface area contributed by atoms with Crippen LogP contribution in [-0.2, 0) is 6.42 Å². The van der Waals surface area contributed by atoms with Crippen molar-refractivity contribution >= 4 is 11.8 Å². The summed E-state index contributed by atoms with van der Waals surface area (Å²) in [4.78, 5) is 9.25. The minimum absolute atomic E-state index is 0.250. The highest BCUT2D eigenvalue weighted by Crippen LogP contribution is 2.21. The lowest BCUT2D eigenvalue weighted by Crippen LogP contribution is -2.45. The molecule has 0 aliphatic carbocycles. The van der Waals surface area contributed by atoms with Gasteiger partial charge in [-0.05, 0) is 14.1 Å². The van der Waals surface area contributed by atoms with Gasteiger partial charge >= 0.3 is 0 Å². The SMILES string of the molecule is CN1CCN(C)C(c2noc(CC3CSCCN3)n2)C1. The molecule has 2 aliphatic rings. The number of nitrogens with one attached hydrogen (secondary N) is 1.